The van der Waals surface area contributed by atoms with E-state index in [2.05, 4.69) is 20.6 Å². The van der Waals surface area contributed by atoms with Crippen molar-refractivity contribution in [3.8, 4) is 0 Å². The molecule has 1 saturated carbocycles. The zero-order valence-corrected chi connectivity index (χ0v) is 19.6. The van der Waals surface area contributed by atoms with Gasteiger partial charge in [-0.2, -0.15) is 5.10 Å². The highest BCUT2D eigenvalue weighted by Crippen LogP contribution is 2.29. The zero-order chi connectivity index (χ0) is 22.7. The number of nitrogens with one attached hydrogen (secondary N) is 2. The number of hydrogen-bond donors (Lipinski definition) is 2. The molecule has 0 bridgehead atoms. The highest BCUT2D eigenvalue weighted by Gasteiger charge is 2.36. The maximum absolute atomic E-state index is 12.7. The largest absolute Gasteiger partial charge is 0.335 e. The Hall–Kier alpha value is -2.38. The monoisotopic (exact) mass is 457 g/mol. The van der Waals surface area contributed by atoms with E-state index in [0.717, 1.165) is 56.6 Å². The normalized spacial score (nSPS) is 21.7. The van der Waals surface area contributed by atoms with Crippen molar-refractivity contribution in [2.45, 2.75) is 45.1 Å². The van der Waals surface area contributed by atoms with Gasteiger partial charge < -0.3 is 10.2 Å². The van der Waals surface area contributed by atoms with Crippen LogP contribution in [0, 0.1) is 11.8 Å². The number of ketones is 1. The molecule has 2 amide bonds. The first kappa shape index (κ1) is 22.8. The standard InChI is InChI=1S/C24H32ClN5O2/c1-3-20-12-22(29(2)28-20)27-24(32)26-21-7-5-4-6-17(21)13-30-14-18(15-30)23(31)16-8-10-19(25)11-9-16/h8-12,17-18,21H,3-7,13-15H2,1-2H3,(H2,26,27,32)/t17-,21-/m1/s1. The number of benzene rings is 1. The first-order chi connectivity index (χ1) is 15.4. The Morgan fingerprint density at radius 1 is 1.16 bits per heavy atom. The van der Waals surface area contributed by atoms with Gasteiger partial charge in [-0.1, -0.05) is 31.4 Å². The summed E-state index contributed by atoms with van der Waals surface area (Å²) in [6.07, 6.45) is 5.24. The van der Waals surface area contributed by atoms with E-state index in [1.165, 1.54) is 6.42 Å². The summed E-state index contributed by atoms with van der Waals surface area (Å²) in [6, 6.07) is 9.03. The Balaban J connectivity index is 1.27. The summed E-state index contributed by atoms with van der Waals surface area (Å²) in [6.45, 7) is 4.53. The maximum Gasteiger partial charge on any atom is 0.320 e. The third-order valence-corrected chi connectivity index (χ3v) is 6.96. The third-order valence-electron chi connectivity index (χ3n) is 6.71. The molecule has 0 unspecified atom stereocenters. The fourth-order valence-electron chi connectivity index (χ4n) is 4.82. The zero-order valence-electron chi connectivity index (χ0n) is 18.8. The van der Waals surface area contributed by atoms with Gasteiger partial charge in [0.25, 0.3) is 0 Å². The lowest BCUT2D eigenvalue weighted by Crippen LogP contribution is -2.55. The van der Waals surface area contributed by atoms with Crippen molar-refractivity contribution in [2.75, 3.05) is 25.0 Å². The van der Waals surface area contributed by atoms with Gasteiger partial charge in [0.05, 0.1) is 5.69 Å². The summed E-state index contributed by atoms with van der Waals surface area (Å²) in [5.41, 5.74) is 1.69. The minimum Gasteiger partial charge on any atom is -0.335 e. The van der Waals surface area contributed by atoms with E-state index in [0.29, 0.717) is 16.8 Å². The molecule has 1 aromatic heterocycles. The van der Waals surface area contributed by atoms with Gasteiger partial charge in [0.2, 0.25) is 0 Å². The Kier molecular flexibility index (Phi) is 7.16. The lowest BCUT2D eigenvalue weighted by Gasteiger charge is -2.43. The van der Waals surface area contributed by atoms with Crippen molar-refractivity contribution in [3.05, 3.63) is 46.6 Å². The number of rotatable bonds is 7. The molecule has 32 heavy (non-hydrogen) atoms. The fourth-order valence-corrected chi connectivity index (χ4v) is 4.95. The lowest BCUT2D eigenvalue weighted by atomic mass is 9.82. The number of aryl methyl sites for hydroxylation is 2. The van der Waals surface area contributed by atoms with E-state index in [9.17, 15) is 9.59 Å². The quantitative estimate of drug-likeness (QED) is 0.612. The SMILES string of the molecule is CCc1cc(NC(=O)N[C@@H]2CCCC[C@@H]2CN2CC(C(=O)c3ccc(Cl)cc3)C2)n(C)n1. The van der Waals surface area contributed by atoms with Crippen LogP contribution in [-0.4, -0.2) is 52.2 Å². The highest BCUT2D eigenvalue weighted by atomic mass is 35.5. The molecule has 2 heterocycles. The number of hydrogen-bond acceptors (Lipinski definition) is 4. The molecule has 2 atom stereocenters. The van der Waals surface area contributed by atoms with Gasteiger partial charge in [0, 0.05) is 55.3 Å². The lowest BCUT2D eigenvalue weighted by molar-refractivity contribution is 0.0498. The third kappa shape index (κ3) is 5.33. The van der Waals surface area contributed by atoms with E-state index < -0.39 is 0 Å². The van der Waals surface area contributed by atoms with Crippen molar-refractivity contribution in [1.29, 1.82) is 0 Å². The average Bonchev–Trinajstić information content (AvgIpc) is 3.11. The van der Waals surface area contributed by atoms with Crippen LogP contribution in [0.5, 0.6) is 0 Å². The molecule has 1 saturated heterocycles. The second kappa shape index (κ2) is 10.0. The summed E-state index contributed by atoms with van der Waals surface area (Å²) in [7, 11) is 1.84. The topological polar surface area (TPSA) is 79.3 Å². The van der Waals surface area contributed by atoms with Gasteiger partial charge in [0.1, 0.15) is 5.82 Å². The predicted molar refractivity (Wildman–Crippen MR) is 126 cm³/mol. The Bertz CT molecular complexity index is 952. The first-order valence-corrected chi connectivity index (χ1v) is 11.9. The second-order valence-corrected chi connectivity index (χ2v) is 9.47. The Morgan fingerprint density at radius 2 is 1.88 bits per heavy atom. The number of carbonyl (C=O) groups excluding carboxylic acids is 2. The number of amides is 2. The van der Waals surface area contributed by atoms with Crippen LogP contribution in [0.3, 0.4) is 0 Å². The van der Waals surface area contributed by atoms with Gasteiger partial charge in [-0.05, 0) is 49.4 Å². The molecule has 1 aromatic carbocycles. The molecule has 2 aromatic rings. The number of aromatic nitrogens is 2. The minimum absolute atomic E-state index is 0.0482. The molecule has 7 nitrogen and oxygen atoms in total. The van der Waals surface area contributed by atoms with E-state index in [1.54, 1.807) is 28.9 Å². The average molecular weight is 458 g/mol. The molecule has 1 aliphatic carbocycles. The minimum atomic E-state index is -0.174. The number of halogens is 1. The summed E-state index contributed by atoms with van der Waals surface area (Å²) in [5, 5.41) is 11.2. The molecule has 0 radical (unpaired) electrons. The van der Waals surface area contributed by atoms with Crippen molar-refractivity contribution in [1.82, 2.24) is 20.0 Å². The molecule has 2 N–H and O–H groups in total. The predicted octanol–water partition coefficient (Wildman–Crippen LogP) is 4.13. The summed E-state index contributed by atoms with van der Waals surface area (Å²) < 4.78 is 1.70. The first-order valence-electron chi connectivity index (χ1n) is 11.6. The molecular formula is C24H32ClN5O2. The number of urea groups is 1. The smallest absolute Gasteiger partial charge is 0.320 e. The highest BCUT2D eigenvalue weighted by molar-refractivity contribution is 6.30. The molecule has 0 spiro atoms. The van der Waals surface area contributed by atoms with E-state index in [-0.39, 0.29) is 23.8 Å². The van der Waals surface area contributed by atoms with Gasteiger partial charge in [0.15, 0.2) is 5.78 Å². The van der Waals surface area contributed by atoms with Crippen LogP contribution in [0.2, 0.25) is 5.02 Å². The van der Waals surface area contributed by atoms with Crippen LogP contribution in [0.1, 0.15) is 48.7 Å². The van der Waals surface area contributed by atoms with Crippen LogP contribution >= 0.6 is 11.6 Å². The van der Waals surface area contributed by atoms with Crippen LogP contribution in [0.25, 0.3) is 0 Å². The maximum atomic E-state index is 12.7. The number of anilines is 1. The molecule has 8 heteroatoms. The van der Waals surface area contributed by atoms with Gasteiger partial charge in [-0.25, -0.2) is 4.79 Å². The molecule has 2 aliphatic rings. The summed E-state index contributed by atoms with van der Waals surface area (Å²) in [4.78, 5) is 27.6. The number of carbonyl (C=O) groups is 2. The van der Waals surface area contributed by atoms with Crippen molar-refractivity contribution < 1.29 is 9.59 Å². The van der Waals surface area contributed by atoms with Crippen LogP contribution in [-0.2, 0) is 13.5 Å². The Labute approximate surface area is 194 Å². The Morgan fingerprint density at radius 3 is 2.56 bits per heavy atom. The molecule has 4 rings (SSSR count). The molecular weight excluding hydrogens is 426 g/mol. The van der Waals surface area contributed by atoms with Crippen molar-refractivity contribution >= 4 is 29.2 Å². The second-order valence-electron chi connectivity index (χ2n) is 9.03. The van der Waals surface area contributed by atoms with Crippen molar-refractivity contribution in [3.63, 3.8) is 0 Å². The fraction of sp³-hybridized carbons (Fsp3) is 0.542. The summed E-state index contributed by atoms with van der Waals surface area (Å²) in [5.74, 6) is 1.35. The van der Waals surface area contributed by atoms with Crippen molar-refractivity contribution in [2.24, 2.45) is 18.9 Å². The van der Waals surface area contributed by atoms with Gasteiger partial charge in [-0.15, -0.1) is 0 Å². The van der Waals surface area contributed by atoms with E-state index in [1.807, 2.05) is 20.0 Å². The van der Waals surface area contributed by atoms with Gasteiger partial charge in [-0.3, -0.25) is 14.8 Å². The van der Waals surface area contributed by atoms with Gasteiger partial charge >= 0.3 is 6.03 Å². The van der Waals surface area contributed by atoms with Crippen LogP contribution < -0.4 is 10.6 Å². The van der Waals surface area contributed by atoms with E-state index >= 15 is 0 Å². The molecule has 1 aliphatic heterocycles. The molecule has 2 fully saturated rings. The number of Topliss-reactive ketones (excluding diaryl/α,β-unsaturated/α-hetero) is 1. The number of likely N-dealkylation sites (tertiary alicyclic amines) is 1. The number of nitrogens with zero attached hydrogens (tertiary/aromatic N) is 3. The molecule has 172 valence electrons. The summed E-state index contributed by atoms with van der Waals surface area (Å²) >= 11 is 5.93. The van der Waals surface area contributed by atoms with Crippen LogP contribution in [0.4, 0.5) is 10.6 Å². The van der Waals surface area contributed by atoms with Crippen LogP contribution in [0.15, 0.2) is 30.3 Å². The van der Waals surface area contributed by atoms with E-state index in [4.69, 9.17) is 11.6 Å².